The molecule has 2 atom stereocenters. The van der Waals surface area contributed by atoms with Crippen LogP contribution in [-0.2, 0) is 4.79 Å². The van der Waals surface area contributed by atoms with E-state index in [0.717, 1.165) is 5.56 Å². The van der Waals surface area contributed by atoms with Crippen LogP contribution in [0.15, 0.2) is 30.3 Å². The van der Waals surface area contributed by atoms with E-state index in [1.807, 2.05) is 51.1 Å². The summed E-state index contributed by atoms with van der Waals surface area (Å²) >= 11 is 0. The molecule has 0 aliphatic carbocycles. The summed E-state index contributed by atoms with van der Waals surface area (Å²) in [5, 5.41) is 12.1. The van der Waals surface area contributed by atoms with Crippen molar-refractivity contribution in [2.45, 2.75) is 32.9 Å². The molecule has 0 spiro atoms. The van der Waals surface area contributed by atoms with E-state index in [0.29, 0.717) is 0 Å². The predicted molar refractivity (Wildman–Crippen MR) is 71.8 cm³/mol. The molecule has 1 aromatic carbocycles. The molecule has 0 saturated carbocycles. The third kappa shape index (κ3) is 3.82. The molecule has 0 fully saturated rings. The van der Waals surface area contributed by atoms with E-state index >= 15 is 0 Å². The summed E-state index contributed by atoms with van der Waals surface area (Å²) in [6, 6.07) is 8.35. The fraction of sp³-hybridized carbons (Fsp3) is 0.500. The zero-order valence-electron chi connectivity index (χ0n) is 11.2. The van der Waals surface area contributed by atoms with Gasteiger partial charge in [-0.15, -0.1) is 0 Å². The molecule has 1 rings (SSSR count). The Hall–Kier alpha value is -1.39. The van der Waals surface area contributed by atoms with Crippen LogP contribution in [0.25, 0.3) is 0 Å². The first-order valence-electron chi connectivity index (χ1n) is 6.08. The molecule has 4 nitrogen and oxygen atoms in total. The van der Waals surface area contributed by atoms with E-state index in [4.69, 9.17) is 5.73 Å². The summed E-state index contributed by atoms with van der Waals surface area (Å²) in [6.07, 6.45) is 0. The molecule has 0 bridgehead atoms. The van der Waals surface area contributed by atoms with Crippen LogP contribution in [0.4, 0.5) is 0 Å². The topological polar surface area (TPSA) is 75.4 Å². The average molecular weight is 250 g/mol. The number of aliphatic hydroxyl groups is 1. The smallest absolute Gasteiger partial charge is 0.238 e. The molecule has 1 aromatic rings. The highest BCUT2D eigenvalue weighted by Gasteiger charge is 2.28. The lowest BCUT2D eigenvalue weighted by Gasteiger charge is -2.28. The number of aliphatic hydroxyl groups excluding tert-OH is 1. The normalized spacial score (nSPS) is 14.9. The van der Waals surface area contributed by atoms with Gasteiger partial charge in [0.05, 0.1) is 18.7 Å². The maximum atomic E-state index is 12.0. The van der Waals surface area contributed by atoms with Crippen LogP contribution in [0.2, 0.25) is 0 Å². The maximum absolute atomic E-state index is 12.0. The van der Waals surface area contributed by atoms with Crippen molar-refractivity contribution in [1.29, 1.82) is 0 Å². The number of rotatable bonds is 4. The average Bonchev–Trinajstić information content (AvgIpc) is 2.34. The van der Waals surface area contributed by atoms with Gasteiger partial charge in [0.15, 0.2) is 0 Å². The van der Waals surface area contributed by atoms with Crippen molar-refractivity contribution >= 4 is 5.91 Å². The largest absolute Gasteiger partial charge is 0.394 e. The summed E-state index contributed by atoms with van der Waals surface area (Å²) in [7, 11) is 0. The lowest BCUT2D eigenvalue weighted by molar-refractivity contribution is -0.125. The van der Waals surface area contributed by atoms with Crippen LogP contribution in [0, 0.1) is 5.41 Å². The Morgan fingerprint density at radius 3 is 2.33 bits per heavy atom. The van der Waals surface area contributed by atoms with Crippen LogP contribution in [0.1, 0.15) is 32.4 Å². The van der Waals surface area contributed by atoms with Crippen LogP contribution in [0.3, 0.4) is 0 Å². The van der Waals surface area contributed by atoms with Crippen molar-refractivity contribution in [2.75, 3.05) is 6.61 Å². The number of carbonyl (C=O) groups excluding carboxylic acids is 1. The summed E-state index contributed by atoms with van der Waals surface area (Å²) in [5.41, 5.74) is 6.45. The molecular weight excluding hydrogens is 228 g/mol. The second kappa shape index (κ2) is 5.98. The first-order chi connectivity index (χ1) is 8.36. The highest BCUT2D eigenvalue weighted by Crippen LogP contribution is 2.19. The number of hydrogen-bond acceptors (Lipinski definition) is 3. The molecular formula is C14H22N2O2. The van der Waals surface area contributed by atoms with Gasteiger partial charge in [0.1, 0.15) is 0 Å². The Morgan fingerprint density at radius 2 is 1.89 bits per heavy atom. The van der Waals surface area contributed by atoms with Crippen molar-refractivity contribution < 1.29 is 9.90 Å². The van der Waals surface area contributed by atoms with E-state index in [9.17, 15) is 9.90 Å². The molecule has 0 saturated heterocycles. The molecule has 100 valence electrons. The molecule has 2 unspecified atom stereocenters. The van der Waals surface area contributed by atoms with Crippen molar-refractivity contribution in [3.8, 4) is 0 Å². The summed E-state index contributed by atoms with van der Waals surface area (Å²) in [4.78, 5) is 12.0. The van der Waals surface area contributed by atoms with Gasteiger partial charge in [-0.1, -0.05) is 51.1 Å². The minimum absolute atomic E-state index is 0.146. The molecule has 0 aliphatic heterocycles. The highest BCUT2D eigenvalue weighted by molar-refractivity contribution is 5.82. The van der Waals surface area contributed by atoms with Gasteiger partial charge < -0.3 is 16.2 Å². The number of benzene rings is 1. The van der Waals surface area contributed by atoms with Crippen LogP contribution < -0.4 is 11.1 Å². The van der Waals surface area contributed by atoms with Crippen LogP contribution in [0.5, 0.6) is 0 Å². The number of amides is 1. The SMILES string of the molecule is CC(C)(C)C(N)C(=O)NC(CO)c1ccccc1. The minimum Gasteiger partial charge on any atom is -0.394 e. The lowest BCUT2D eigenvalue weighted by Crippen LogP contribution is -2.49. The van der Waals surface area contributed by atoms with E-state index in [2.05, 4.69) is 5.32 Å². The number of nitrogens with two attached hydrogens (primary N) is 1. The predicted octanol–water partition coefficient (Wildman–Crippen LogP) is 1.21. The standard InChI is InChI=1S/C14H22N2O2/c1-14(2,3)12(15)13(18)16-11(9-17)10-7-5-4-6-8-10/h4-8,11-12,17H,9,15H2,1-3H3,(H,16,18). The summed E-state index contributed by atoms with van der Waals surface area (Å²) in [5.74, 6) is -0.245. The molecule has 4 heteroatoms. The van der Waals surface area contributed by atoms with E-state index in [1.54, 1.807) is 0 Å². The van der Waals surface area contributed by atoms with Gasteiger partial charge in [0.2, 0.25) is 5.91 Å². The monoisotopic (exact) mass is 250 g/mol. The Kier molecular flexibility index (Phi) is 4.87. The molecule has 1 amide bonds. The molecule has 4 N–H and O–H groups in total. The van der Waals surface area contributed by atoms with Gasteiger partial charge in [0, 0.05) is 0 Å². The molecule has 0 aromatic heterocycles. The first kappa shape index (κ1) is 14.7. The highest BCUT2D eigenvalue weighted by atomic mass is 16.3. The lowest BCUT2D eigenvalue weighted by atomic mass is 9.86. The van der Waals surface area contributed by atoms with Crippen molar-refractivity contribution in [3.63, 3.8) is 0 Å². The van der Waals surface area contributed by atoms with Crippen molar-refractivity contribution in [3.05, 3.63) is 35.9 Å². The van der Waals surface area contributed by atoms with Crippen LogP contribution in [-0.4, -0.2) is 23.7 Å². The first-order valence-corrected chi connectivity index (χ1v) is 6.08. The zero-order chi connectivity index (χ0) is 13.8. The third-order valence-electron chi connectivity index (χ3n) is 2.92. The quantitative estimate of drug-likeness (QED) is 0.752. The Morgan fingerprint density at radius 1 is 1.33 bits per heavy atom. The zero-order valence-corrected chi connectivity index (χ0v) is 11.2. The number of carbonyl (C=O) groups is 1. The van der Waals surface area contributed by atoms with Crippen molar-refractivity contribution in [2.24, 2.45) is 11.1 Å². The Balaban J connectivity index is 2.73. The third-order valence-corrected chi connectivity index (χ3v) is 2.92. The van der Waals surface area contributed by atoms with Gasteiger partial charge in [-0.25, -0.2) is 0 Å². The van der Waals surface area contributed by atoms with Gasteiger partial charge in [-0.3, -0.25) is 4.79 Å². The van der Waals surface area contributed by atoms with E-state index in [1.165, 1.54) is 0 Å². The van der Waals surface area contributed by atoms with Gasteiger partial charge in [-0.05, 0) is 11.0 Å². The molecule has 0 aliphatic rings. The molecule has 18 heavy (non-hydrogen) atoms. The van der Waals surface area contributed by atoms with Crippen molar-refractivity contribution in [1.82, 2.24) is 5.32 Å². The van der Waals surface area contributed by atoms with E-state index in [-0.39, 0.29) is 17.9 Å². The fourth-order valence-corrected chi connectivity index (χ4v) is 1.57. The second-order valence-electron chi connectivity index (χ2n) is 5.50. The fourth-order valence-electron chi connectivity index (χ4n) is 1.57. The molecule has 0 radical (unpaired) electrons. The molecule has 0 heterocycles. The minimum atomic E-state index is -0.602. The van der Waals surface area contributed by atoms with Gasteiger partial charge in [-0.2, -0.15) is 0 Å². The van der Waals surface area contributed by atoms with Gasteiger partial charge >= 0.3 is 0 Å². The van der Waals surface area contributed by atoms with E-state index < -0.39 is 12.1 Å². The number of nitrogens with one attached hydrogen (secondary N) is 1. The van der Waals surface area contributed by atoms with Crippen LogP contribution >= 0.6 is 0 Å². The second-order valence-corrected chi connectivity index (χ2v) is 5.50. The number of hydrogen-bond donors (Lipinski definition) is 3. The summed E-state index contributed by atoms with van der Waals surface area (Å²) in [6.45, 7) is 5.59. The Labute approximate surface area is 108 Å². The maximum Gasteiger partial charge on any atom is 0.238 e. The summed E-state index contributed by atoms with van der Waals surface area (Å²) < 4.78 is 0. The Bertz CT molecular complexity index is 385. The van der Waals surface area contributed by atoms with Gasteiger partial charge in [0.25, 0.3) is 0 Å².